The van der Waals surface area contributed by atoms with Gasteiger partial charge in [-0.15, -0.1) is 0 Å². The minimum Gasteiger partial charge on any atom is -0.508 e. The van der Waals surface area contributed by atoms with E-state index in [1.165, 1.54) is 36.1 Å². The van der Waals surface area contributed by atoms with Crippen molar-refractivity contribution in [2.75, 3.05) is 13.1 Å². The first-order valence-corrected chi connectivity index (χ1v) is 13.1. The molecule has 2 aromatic carbocycles. The summed E-state index contributed by atoms with van der Waals surface area (Å²) in [6, 6.07) is 10.3. The van der Waals surface area contributed by atoms with Gasteiger partial charge in [-0.3, -0.25) is 9.59 Å². The van der Waals surface area contributed by atoms with Gasteiger partial charge >= 0.3 is 5.97 Å². The molecule has 0 saturated carbocycles. The predicted octanol–water partition coefficient (Wildman–Crippen LogP) is 1.42. The van der Waals surface area contributed by atoms with Crippen LogP contribution < -0.4 is 10.0 Å². The topological polar surface area (TPSA) is 153 Å². The number of amides is 2. The Morgan fingerprint density at radius 1 is 1.03 bits per heavy atom. The van der Waals surface area contributed by atoms with Gasteiger partial charge in [-0.25, -0.2) is 13.2 Å². The van der Waals surface area contributed by atoms with Crippen molar-refractivity contribution in [3.63, 3.8) is 0 Å². The van der Waals surface area contributed by atoms with E-state index in [4.69, 9.17) is 0 Å². The summed E-state index contributed by atoms with van der Waals surface area (Å²) >= 11 is 0. The molecule has 0 aromatic heterocycles. The third-order valence-corrected chi connectivity index (χ3v) is 7.76. The number of aliphatic carboxylic acids is 1. The molecule has 1 saturated heterocycles. The zero-order valence-electron chi connectivity index (χ0n) is 20.2. The second-order valence-electron chi connectivity index (χ2n) is 9.03. The van der Waals surface area contributed by atoms with Crippen LogP contribution in [0.1, 0.15) is 30.9 Å². The van der Waals surface area contributed by atoms with E-state index in [0.717, 1.165) is 5.56 Å². The average Bonchev–Trinajstić information content (AvgIpc) is 2.84. The minimum absolute atomic E-state index is 0.0632. The normalized spacial score (nSPS) is 16.2. The average molecular weight is 518 g/mol. The van der Waals surface area contributed by atoms with Gasteiger partial charge in [-0.2, -0.15) is 4.72 Å². The van der Waals surface area contributed by atoms with Crippen molar-refractivity contribution in [1.29, 1.82) is 0 Å². The van der Waals surface area contributed by atoms with E-state index in [-0.39, 0.29) is 36.1 Å². The van der Waals surface area contributed by atoms with Crippen molar-refractivity contribution in [2.24, 2.45) is 5.92 Å². The fraction of sp³-hybridized carbons (Fsp3) is 0.400. The Morgan fingerprint density at radius 2 is 1.61 bits per heavy atom. The lowest BCUT2D eigenvalue weighted by Gasteiger charge is -2.33. The number of aromatic hydroxyl groups is 1. The highest BCUT2D eigenvalue weighted by atomic mass is 32.2. The molecular weight excluding hydrogens is 486 g/mol. The predicted molar refractivity (Wildman–Crippen MR) is 132 cm³/mol. The lowest BCUT2D eigenvalue weighted by atomic mass is 9.94. The van der Waals surface area contributed by atoms with E-state index < -0.39 is 39.9 Å². The van der Waals surface area contributed by atoms with E-state index in [9.17, 15) is 33.0 Å². The summed E-state index contributed by atoms with van der Waals surface area (Å²) in [5.41, 5.74) is 1.57. The third kappa shape index (κ3) is 7.05. The van der Waals surface area contributed by atoms with E-state index >= 15 is 0 Å². The number of carbonyl (C=O) groups is 3. The van der Waals surface area contributed by atoms with Crippen LogP contribution in [0.25, 0.3) is 0 Å². The van der Waals surface area contributed by atoms with Crippen molar-refractivity contribution in [1.82, 2.24) is 14.9 Å². The van der Waals surface area contributed by atoms with Crippen molar-refractivity contribution in [2.45, 2.75) is 50.1 Å². The number of aryl methyl sites for hydroxylation is 1. The summed E-state index contributed by atoms with van der Waals surface area (Å²) in [6.45, 7) is 3.83. The molecular formula is C25H31N3O7S. The van der Waals surface area contributed by atoms with Crippen LogP contribution in [0.15, 0.2) is 53.4 Å². The Balaban J connectivity index is 1.52. The van der Waals surface area contributed by atoms with Gasteiger partial charge in [0.2, 0.25) is 21.8 Å². The lowest BCUT2D eigenvalue weighted by Crippen LogP contribution is -2.51. The molecule has 1 aliphatic rings. The number of hydrogen-bond acceptors (Lipinski definition) is 6. The number of phenols is 1. The van der Waals surface area contributed by atoms with E-state index in [0.29, 0.717) is 18.4 Å². The molecule has 0 radical (unpaired) electrons. The molecule has 194 valence electrons. The molecule has 0 bridgehead atoms. The van der Waals surface area contributed by atoms with Crippen molar-refractivity contribution in [3.8, 4) is 5.75 Å². The van der Waals surface area contributed by atoms with Crippen LogP contribution in [0.3, 0.4) is 0 Å². The van der Waals surface area contributed by atoms with Gasteiger partial charge in [0.15, 0.2) is 0 Å². The second kappa shape index (κ2) is 11.5. The molecule has 1 heterocycles. The largest absolute Gasteiger partial charge is 0.508 e. The Labute approximate surface area is 210 Å². The molecule has 0 aliphatic carbocycles. The van der Waals surface area contributed by atoms with Gasteiger partial charge in [-0.1, -0.05) is 29.8 Å². The maximum atomic E-state index is 12.8. The molecule has 2 aromatic rings. The number of rotatable bonds is 9. The number of benzene rings is 2. The minimum atomic E-state index is -3.87. The maximum Gasteiger partial charge on any atom is 0.326 e. The quantitative estimate of drug-likeness (QED) is 0.392. The Hall–Kier alpha value is -3.44. The first-order valence-electron chi connectivity index (χ1n) is 11.6. The molecule has 11 heteroatoms. The number of likely N-dealkylation sites (tertiary alicyclic amines) is 1. The van der Waals surface area contributed by atoms with Crippen molar-refractivity contribution < 1.29 is 33.0 Å². The number of sulfonamides is 1. The number of piperidine rings is 1. The molecule has 2 unspecified atom stereocenters. The summed E-state index contributed by atoms with van der Waals surface area (Å²) in [6.07, 6.45) is 0.735. The summed E-state index contributed by atoms with van der Waals surface area (Å²) in [4.78, 5) is 38.8. The molecule has 2 amide bonds. The van der Waals surface area contributed by atoms with Crippen molar-refractivity contribution >= 4 is 27.8 Å². The monoisotopic (exact) mass is 517 g/mol. The zero-order valence-corrected chi connectivity index (χ0v) is 21.0. The first kappa shape index (κ1) is 27.2. The van der Waals surface area contributed by atoms with E-state index in [2.05, 4.69) is 10.0 Å². The van der Waals surface area contributed by atoms with Crippen LogP contribution in [-0.4, -0.2) is 66.5 Å². The number of nitrogens with zero attached hydrogens (tertiary/aromatic N) is 1. The maximum absolute atomic E-state index is 12.8. The van der Waals surface area contributed by atoms with Crippen LogP contribution in [0.5, 0.6) is 5.75 Å². The van der Waals surface area contributed by atoms with Gasteiger partial charge in [0.25, 0.3) is 0 Å². The number of hydrogen-bond donors (Lipinski definition) is 4. The summed E-state index contributed by atoms with van der Waals surface area (Å²) in [5.74, 6) is -2.36. The van der Waals surface area contributed by atoms with E-state index in [1.807, 2.05) is 6.92 Å². The number of nitrogens with one attached hydrogen (secondary N) is 2. The van der Waals surface area contributed by atoms with Gasteiger partial charge in [0.05, 0.1) is 10.9 Å². The van der Waals surface area contributed by atoms with Gasteiger partial charge in [0, 0.05) is 25.4 Å². The lowest BCUT2D eigenvalue weighted by molar-refractivity contribution is -0.143. The summed E-state index contributed by atoms with van der Waals surface area (Å²) in [7, 11) is -3.87. The van der Waals surface area contributed by atoms with Crippen LogP contribution >= 0.6 is 0 Å². The number of phenolic OH excluding ortho intramolecular Hbond substituents is 1. The van der Waals surface area contributed by atoms with Crippen LogP contribution in [0.4, 0.5) is 0 Å². The van der Waals surface area contributed by atoms with Crippen LogP contribution in [0.2, 0.25) is 0 Å². The third-order valence-electron chi connectivity index (χ3n) is 6.20. The fourth-order valence-corrected chi connectivity index (χ4v) is 5.26. The molecule has 4 N–H and O–H groups in total. The van der Waals surface area contributed by atoms with Crippen molar-refractivity contribution in [3.05, 3.63) is 59.7 Å². The highest BCUT2D eigenvalue weighted by Crippen LogP contribution is 2.20. The summed E-state index contributed by atoms with van der Waals surface area (Å²) < 4.78 is 27.6. The fourth-order valence-electron chi connectivity index (χ4n) is 4.06. The van der Waals surface area contributed by atoms with Gasteiger partial charge in [-0.05, 0) is 56.5 Å². The van der Waals surface area contributed by atoms with Gasteiger partial charge < -0.3 is 20.4 Å². The molecule has 1 fully saturated rings. The van der Waals surface area contributed by atoms with Gasteiger partial charge in [0.1, 0.15) is 11.8 Å². The molecule has 10 nitrogen and oxygen atoms in total. The summed E-state index contributed by atoms with van der Waals surface area (Å²) in [5, 5.41) is 21.5. The Morgan fingerprint density at radius 3 is 2.17 bits per heavy atom. The number of carboxylic acid groups (broad SMARTS) is 1. The highest BCUT2D eigenvalue weighted by molar-refractivity contribution is 7.89. The molecule has 3 rings (SSSR count). The second-order valence-corrected chi connectivity index (χ2v) is 10.7. The Bertz CT molecular complexity index is 1190. The molecule has 0 spiro atoms. The number of carbonyl (C=O) groups excluding carboxylic acids is 2. The smallest absolute Gasteiger partial charge is 0.326 e. The first-order chi connectivity index (χ1) is 17.0. The standard InChI is InChI=1S/C25H31N3O7S/c1-16-3-9-21(10-4-16)36(34,35)27-17(2)24(31)28-13-11-19(12-14-28)23(30)26-22(25(32)33)15-18-5-7-20(29)8-6-18/h3-10,17,19,22,27,29H,11-15H2,1-2H3,(H,26,30)(H,32,33). The SMILES string of the molecule is Cc1ccc(S(=O)(=O)NC(C)C(=O)N2CCC(C(=O)NC(Cc3ccc(O)cc3)C(=O)O)CC2)cc1. The molecule has 2 atom stereocenters. The Kier molecular flexibility index (Phi) is 8.70. The van der Waals surface area contributed by atoms with Crippen LogP contribution in [-0.2, 0) is 30.8 Å². The molecule has 36 heavy (non-hydrogen) atoms. The van der Waals surface area contributed by atoms with E-state index in [1.54, 1.807) is 24.3 Å². The molecule has 1 aliphatic heterocycles. The number of carboxylic acids is 1. The zero-order chi connectivity index (χ0) is 26.5. The highest BCUT2D eigenvalue weighted by Gasteiger charge is 2.32. The van der Waals surface area contributed by atoms with Crippen LogP contribution in [0, 0.1) is 12.8 Å².